The average Bonchev–Trinajstić information content (AvgIpc) is 2.64. The van der Waals surface area contributed by atoms with Crippen LogP contribution >= 0.6 is 24.0 Å². The van der Waals surface area contributed by atoms with Crippen LogP contribution in [0.4, 0.5) is 0 Å². The van der Waals surface area contributed by atoms with E-state index in [4.69, 9.17) is 4.74 Å². The zero-order valence-electron chi connectivity index (χ0n) is 17.5. The molecule has 0 amide bonds. The molecule has 1 aliphatic heterocycles. The molecule has 0 atom stereocenters. The Balaban J connectivity index is 0.00000364. The van der Waals surface area contributed by atoms with E-state index >= 15 is 0 Å². The summed E-state index contributed by atoms with van der Waals surface area (Å²) >= 11 is 0. The number of methoxy groups -OCH3 is 1. The summed E-state index contributed by atoms with van der Waals surface area (Å²) in [4.78, 5) is 6.86. The second-order valence-corrected chi connectivity index (χ2v) is 8.02. The number of benzene rings is 1. The fraction of sp³-hybridized carbons (Fsp3) is 0.667. The first-order valence-corrected chi connectivity index (χ1v) is 9.71. The molecule has 1 heterocycles. The molecule has 1 aromatic carbocycles. The first-order valence-electron chi connectivity index (χ1n) is 9.71. The molecule has 5 nitrogen and oxygen atoms in total. The van der Waals surface area contributed by atoms with Crippen molar-refractivity contribution in [2.45, 2.75) is 52.3 Å². The van der Waals surface area contributed by atoms with Crippen molar-refractivity contribution in [2.75, 3.05) is 33.8 Å². The van der Waals surface area contributed by atoms with E-state index in [-0.39, 0.29) is 29.6 Å². The quantitative estimate of drug-likeness (QED) is 0.350. The van der Waals surface area contributed by atoms with Crippen molar-refractivity contribution in [3.05, 3.63) is 35.4 Å². The fourth-order valence-electron chi connectivity index (χ4n) is 3.09. The maximum absolute atomic E-state index is 5.44. The van der Waals surface area contributed by atoms with Crippen LogP contribution in [-0.2, 0) is 17.8 Å². The van der Waals surface area contributed by atoms with Crippen LogP contribution in [0.2, 0.25) is 0 Å². The smallest absolute Gasteiger partial charge is 0.191 e. The van der Waals surface area contributed by atoms with Gasteiger partial charge in [0.25, 0.3) is 0 Å². The maximum Gasteiger partial charge on any atom is 0.191 e. The molecule has 0 aromatic heterocycles. The van der Waals surface area contributed by atoms with Gasteiger partial charge >= 0.3 is 0 Å². The van der Waals surface area contributed by atoms with Gasteiger partial charge in [0.15, 0.2) is 5.96 Å². The lowest BCUT2D eigenvalue weighted by Gasteiger charge is -2.30. The summed E-state index contributed by atoms with van der Waals surface area (Å²) in [5.41, 5.74) is 2.45. The molecule has 0 spiro atoms. The minimum absolute atomic E-state index is 0. The Morgan fingerprint density at radius 1 is 1.22 bits per heavy atom. The number of likely N-dealkylation sites (tertiary alicyclic amines) is 1. The van der Waals surface area contributed by atoms with Gasteiger partial charge in [-0.2, -0.15) is 0 Å². The highest BCUT2D eigenvalue weighted by Crippen LogP contribution is 2.18. The summed E-state index contributed by atoms with van der Waals surface area (Å²) in [7, 11) is 3.52. The molecule has 6 heteroatoms. The monoisotopic (exact) mass is 488 g/mol. The number of ether oxygens (including phenoxy) is 1. The van der Waals surface area contributed by atoms with Crippen LogP contribution in [0.1, 0.15) is 44.7 Å². The molecule has 0 radical (unpaired) electrons. The van der Waals surface area contributed by atoms with E-state index in [1.807, 2.05) is 0 Å². The van der Waals surface area contributed by atoms with Crippen molar-refractivity contribution in [3.63, 3.8) is 0 Å². The van der Waals surface area contributed by atoms with E-state index in [1.165, 1.54) is 37.1 Å². The summed E-state index contributed by atoms with van der Waals surface area (Å²) < 4.78 is 5.44. The zero-order valence-corrected chi connectivity index (χ0v) is 19.9. The van der Waals surface area contributed by atoms with E-state index in [9.17, 15) is 0 Å². The largest absolute Gasteiger partial charge is 0.377 e. The van der Waals surface area contributed by atoms with Crippen LogP contribution in [0, 0.1) is 5.92 Å². The Labute approximate surface area is 182 Å². The van der Waals surface area contributed by atoms with Gasteiger partial charge in [-0.1, -0.05) is 31.2 Å². The van der Waals surface area contributed by atoms with Gasteiger partial charge in [0, 0.05) is 33.8 Å². The third-order valence-electron chi connectivity index (χ3n) is 5.19. The van der Waals surface area contributed by atoms with Crippen LogP contribution in [0.5, 0.6) is 0 Å². The number of hydrogen-bond acceptors (Lipinski definition) is 3. The number of piperidine rings is 1. The molecule has 1 saturated heterocycles. The molecule has 0 unspecified atom stereocenters. The van der Waals surface area contributed by atoms with Crippen LogP contribution < -0.4 is 10.6 Å². The lowest BCUT2D eigenvalue weighted by atomic mass is 9.98. The molecule has 0 bridgehead atoms. The van der Waals surface area contributed by atoms with Gasteiger partial charge < -0.3 is 15.4 Å². The predicted octanol–water partition coefficient (Wildman–Crippen LogP) is 3.63. The molecule has 27 heavy (non-hydrogen) atoms. The fourth-order valence-corrected chi connectivity index (χ4v) is 3.09. The Morgan fingerprint density at radius 2 is 1.89 bits per heavy atom. The summed E-state index contributed by atoms with van der Waals surface area (Å²) in [5.74, 6) is 1.68. The molecule has 1 aromatic rings. The summed E-state index contributed by atoms with van der Waals surface area (Å²) in [5, 5.41) is 6.71. The molecule has 0 aliphatic carbocycles. The van der Waals surface area contributed by atoms with Crippen LogP contribution in [-0.4, -0.2) is 50.3 Å². The minimum atomic E-state index is -0.219. The van der Waals surface area contributed by atoms with Crippen molar-refractivity contribution in [2.24, 2.45) is 10.9 Å². The van der Waals surface area contributed by atoms with E-state index < -0.39 is 0 Å². The highest BCUT2D eigenvalue weighted by atomic mass is 127. The van der Waals surface area contributed by atoms with Gasteiger partial charge in [0.1, 0.15) is 0 Å². The summed E-state index contributed by atoms with van der Waals surface area (Å²) in [6.45, 7) is 11.4. The molecule has 1 fully saturated rings. The normalized spacial score (nSPS) is 16.7. The Hall–Kier alpha value is -0.860. The number of guanidine groups is 1. The molecule has 2 N–H and O–H groups in total. The maximum atomic E-state index is 5.44. The minimum Gasteiger partial charge on any atom is -0.377 e. The number of hydrogen-bond donors (Lipinski definition) is 2. The van der Waals surface area contributed by atoms with Crippen molar-refractivity contribution < 1.29 is 4.74 Å². The van der Waals surface area contributed by atoms with Gasteiger partial charge in [0.05, 0.1) is 5.60 Å². The first kappa shape index (κ1) is 24.2. The summed E-state index contributed by atoms with van der Waals surface area (Å²) in [6, 6.07) is 8.86. The number of aliphatic imine (C=N–C) groups is 1. The third-order valence-corrected chi connectivity index (χ3v) is 5.19. The Morgan fingerprint density at radius 3 is 2.52 bits per heavy atom. The number of nitrogens with zero attached hydrogens (tertiary/aromatic N) is 2. The molecule has 2 rings (SSSR count). The SMILES string of the molecule is CN=C(NCc1cccc(CN2CCC(C)CC2)c1)NCC(C)(C)OC.I. The van der Waals surface area contributed by atoms with Crippen LogP contribution in [0.15, 0.2) is 29.3 Å². The van der Waals surface area contributed by atoms with Crippen molar-refractivity contribution in [3.8, 4) is 0 Å². The lowest BCUT2D eigenvalue weighted by Crippen LogP contribution is -2.45. The number of halogens is 1. The molecular formula is C21H37IN4O. The Bertz CT molecular complexity index is 583. The Kier molecular flexibility index (Phi) is 10.6. The highest BCUT2D eigenvalue weighted by molar-refractivity contribution is 14.0. The topological polar surface area (TPSA) is 48.9 Å². The first-order chi connectivity index (χ1) is 12.4. The van der Waals surface area contributed by atoms with E-state index in [1.54, 1.807) is 14.2 Å². The highest BCUT2D eigenvalue weighted by Gasteiger charge is 2.17. The second kappa shape index (κ2) is 11.9. The lowest BCUT2D eigenvalue weighted by molar-refractivity contribution is 0.0268. The van der Waals surface area contributed by atoms with Crippen molar-refractivity contribution in [1.29, 1.82) is 0 Å². The van der Waals surface area contributed by atoms with Gasteiger partial charge in [0.2, 0.25) is 0 Å². The molecule has 154 valence electrons. The van der Waals surface area contributed by atoms with Crippen molar-refractivity contribution >= 4 is 29.9 Å². The van der Waals surface area contributed by atoms with E-state index in [0.29, 0.717) is 6.54 Å². The standard InChI is InChI=1S/C21H36N4O.HI/c1-17-9-11-25(12-10-17)15-19-8-6-7-18(13-19)14-23-20(22-4)24-16-21(2,3)26-5;/h6-8,13,17H,9-12,14-16H2,1-5H3,(H2,22,23,24);1H. The predicted molar refractivity (Wildman–Crippen MR) is 125 cm³/mol. The number of rotatable bonds is 7. The second-order valence-electron chi connectivity index (χ2n) is 8.02. The van der Waals surface area contributed by atoms with E-state index in [0.717, 1.165) is 25.0 Å². The summed E-state index contributed by atoms with van der Waals surface area (Å²) in [6.07, 6.45) is 2.64. The zero-order chi connectivity index (χ0) is 19.0. The van der Waals surface area contributed by atoms with E-state index in [2.05, 4.69) is 65.6 Å². The van der Waals surface area contributed by atoms with Gasteiger partial charge in [-0.15, -0.1) is 24.0 Å². The number of nitrogens with one attached hydrogen (secondary N) is 2. The molecular weight excluding hydrogens is 451 g/mol. The van der Waals surface area contributed by atoms with Crippen LogP contribution in [0.3, 0.4) is 0 Å². The van der Waals surface area contributed by atoms with Gasteiger partial charge in [-0.25, -0.2) is 0 Å². The van der Waals surface area contributed by atoms with Gasteiger partial charge in [-0.3, -0.25) is 9.89 Å². The van der Waals surface area contributed by atoms with Gasteiger partial charge in [-0.05, 0) is 56.8 Å². The third kappa shape index (κ3) is 8.79. The molecule has 1 aliphatic rings. The average molecular weight is 488 g/mol. The van der Waals surface area contributed by atoms with Crippen molar-refractivity contribution in [1.82, 2.24) is 15.5 Å². The van der Waals surface area contributed by atoms with Crippen LogP contribution in [0.25, 0.3) is 0 Å². The molecule has 0 saturated carbocycles.